The summed E-state index contributed by atoms with van der Waals surface area (Å²) in [4.78, 5) is 56.3. The van der Waals surface area contributed by atoms with Gasteiger partial charge in [0.1, 0.15) is 35.2 Å². The first-order chi connectivity index (χ1) is 42.5. The number of hydrogen-bond donors (Lipinski definition) is 2. The predicted octanol–water partition coefficient (Wildman–Crippen LogP) is 19.5. The highest BCUT2D eigenvalue weighted by molar-refractivity contribution is 5.94. The maximum absolute atomic E-state index is 14.2. The smallest absolute Gasteiger partial charge is 0.306 e. The average molecular weight is 1190 g/mol. The number of benzene rings is 6. The second kappa shape index (κ2) is 29.9. The molecule has 10 heteroatoms. The zero-order valence-electron chi connectivity index (χ0n) is 53.4. The Bertz CT molecular complexity index is 3030. The summed E-state index contributed by atoms with van der Waals surface area (Å²) < 4.78 is 25.2. The van der Waals surface area contributed by atoms with E-state index in [0.717, 1.165) is 117 Å². The SMILES string of the molecule is CC(C)(C)c1ccc(CCC(CCCC2CCCCC2)OC(=O)CCC(=O)OC(CCCC2CCCCC2)CCc2ccc(C(C)(C)C)c(NC(=O)CC3c4ccccc4Oc4ccccc43)c2)cc1NC(=O)CC1c2ccccc2Oc2ccccc21. The second-order valence-electron chi connectivity index (χ2n) is 27.9. The lowest BCUT2D eigenvalue weighted by atomic mass is 9.83. The molecule has 2 heterocycles. The maximum Gasteiger partial charge on any atom is 0.306 e. The Hall–Kier alpha value is -7.20. The van der Waals surface area contributed by atoms with E-state index in [1.165, 1.54) is 64.2 Å². The van der Waals surface area contributed by atoms with E-state index >= 15 is 0 Å². The van der Waals surface area contributed by atoms with E-state index in [9.17, 15) is 19.2 Å². The van der Waals surface area contributed by atoms with Gasteiger partial charge in [-0.1, -0.05) is 216 Å². The molecule has 4 aliphatic rings. The van der Waals surface area contributed by atoms with Gasteiger partial charge in [-0.05, 0) is 133 Å². The zero-order chi connectivity index (χ0) is 61.6. The van der Waals surface area contributed by atoms with Crippen LogP contribution in [-0.2, 0) is 52.3 Å². The molecule has 88 heavy (non-hydrogen) atoms. The van der Waals surface area contributed by atoms with Gasteiger partial charge in [0, 0.05) is 58.3 Å². The fraction of sp³-hybridized carbons (Fsp3) is 0.487. The largest absolute Gasteiger partial charge is 0.462 e. The van der Waals surface area contributed by atoms with Gasteiger partial charge in [-0.15, -0.1) is 0 Å². The molecule has 0 radical (unpaired) electrons. The predicted molar refractivity (Wildman–Crippen MR) is 353 cm³/mol. The van der Waals surface area contributed by atoms with E-state index in [-0.39, 0.29) is 84.3 Å². The van der Waals surface area contributed by atoms with Crippen LogP contribution in [0.2, 0.25) is 0 Å². The van der Waals surface area contributed by atoms with E-state index in [4.69, 9.17) is 18.9 Å². The van der Waals surface area contributed by atoms with Crippen LogP contribution in [0.1, 0.15) is 239 Å². The minimum atomic E-state index is -0.375. The molecule has 6 aromatic carbocycles. The highest BCUT2D eigenvalue weighted by Crippen LogP contribution is 2.48. The van der Waals surface area contributed by atoms with E-state index in [2.05, 4.69) is 113 Å². The fourth-order valence-corrected chi connectivity index (χ4v) is 14.3. The van der Waals surface area contributed by atoms with Crippen molar-refractivity contribution in [3.63, 3.8) is 0 Å². The van der Waals surface area contributed by atoms with Gasteiger partial charge in [-0.3, -0.25) is 19.2 Å². The van der Waals surface area contributed by atoms with Crippen LogP contribution in [0.5, 0.6) is 23.0 Å². The third kappa shape index (κ3) is 17.4. The normalized spacial score (nSPS) is 16.1. The van der Waals surface area contributed by atoms with Crippen LogP contribution in [0.15, 0.2) is 133 Å². The molecule has 0 saturated heterocycles. The summed E-state index contributed by atoms with van der Waals surface area (Å²) >= 11 is 0. The molecule has 2 fully saturated rings. The lowest BCUT2D eigenvalue weighted by Crippen LogP contribution is -2.23. The van der Waals surface area contributed by atoms with Crippen molar-refractivity contribution in [3.05, 3.63) is 178 Å². The minimum Gasteiger partial charge on any atom is -0.462 e. The summed E-state index contributed by atoms with van der Waals surface area (Å²) in [6.07, 6.45) is 20.9. The first-order valence-electron chi connectivity index (χ1n) is 33.5. The molecule has 2 unspecified atom stereocenters. The van der Waals surface area contributed by atoms with Crippen molar-refractivity contribution < 1.29 is 38.1 Å². The molecule has 2 saturated carbocycles. The van der Waals surface area contributed by atoms with Gasteiger partial charge in [0.05, 0.1) is 12.8 Å². The summed E-state index contributed by atoms with van der Waals surface area (Å²) in [7, 11) is 0. The van der Waals surface area contributed by atoms with E-state index in [1.54, 1.807) is 0 Å². The minimum absolute atomic E-state index is 0.0480. The molecule has 2 aliphatic carbocycles. The molecular formula is C78H96N2O8. The topological polar surface area (TPSA) is 129 Å². The highest BCUT2D eigenvalue weighted by Gasteiger charge is 2.32. The van der Waals surface area contributed by atoms with E-state index < -0.39 is 0 Å². The van der Waals surface area contributed by atoms with Crippen LogP contribution < -0.4 is 20.1 Å². The van der Waals surface area contributed by atoms with E-state index in [0.29, 0.717) is 37.5 Å². The Labute approximate surface area is 524 Å². The molecule has 2 aliphatic heterocycles. The first kappa shape index (κ1) is 63.8. The van der Waals surface area contributed by atoms with Crippen LogP contribution >= 0.6 is 0 Å². The molecule has 466 valence electrons. The van der Waals surface area contributed by atoms with Crippen LogP contribution in [0.25, 0.3) is 0 Å². The fourth-order valence-electron chi connectivity index (χ4n) is 14.3. The highest BCUT2D eigenvalue weighted by atomic mass is 16.6. The quantitative estimate of drug-likeness (QED) is 0.0542. The number of fused-ring (bicyclic) bond motifs is 4. The Morgan fingerprint density at radius 3 is 1.14 bits per heavy atom. The third-order valence-electron chi connectivity index (χ3n) is 19.1. The summed E-state index contributed by atoms with van der Waals surface area (Å²) in [5, 5.41) is 6.69. The lowest BCUT2D eigenvalue weighted by molar-refractivity contribution is -0.156. The van der Waals surface area contributed by atoms with Gasteiger partial charge < -0.3 is 29.6 Å². The van der Waals surface area contributed by atoms with Gasteiger partial charge in [-0.25, -0.2) is 0 Å². The molecule has 6 aromatic rings. The molecule has 2 atom stereocenters. The molecule has 2 amide bonds. The summed E-state index contributed by atoms with van der Waals surface area (Å²) in [5.74, 6) is 3.35. The Kier molecular flexibility index (Phi) is 21.7. The number of carbonyl (C=O) groups excluding carboxylic acids is 4. The Morgan fingerprint density at radius 2 is 0.795 bits per heavy atom. The Morgan fingerprint density at radius 1 is 0.455 bits per heavy atom. The number of anilines is 2. The third-order valence-corrected chi connectivity index (χ3v) is 19.1. The van der Waals surface area contributed by atoms with Crippen LogP contribution in [0.4, 0.5) is 11.4 Å². The molecule has 2 N–H and O–H groups in total. The Balaban J connectivity index is 0.779. The van der Waals surface area contributed by atoms with Gasteiger partial charge >= 0.3 is 11.9 Å². The van der Waals surface area contributed by atoms with Crippen molar-refractivity contribution in [2.24, 2.45) is 11.8 Å². The van der Waals surface area contributed by atoms with Crippen LogP contribution in [-0.4, -0.2) is 36.0 Å². The van der Waals surface area contributed by atoms with Crippen molar-refractivity contribution >= 4 is 35.1 Å². The van der Waals surface area contributed by atoms with Crippen LogP contribution in [0.3, 0.4) is 0 Å². The average Bonchev–Trinajstić information content (AvgIpc) is 0.993. The summed E-state index contributed by atoms with van der Waals surface area (Å²) in [5.41, 5.74) is 9.36. The first-order valence-corrected chi connectivity index (χ1v) is 33.5. The van der Waals surface area contributed by atoms with E-state index in [1.807, 2.05) is 72.8 Å². The van der Waals surface area contributed by atoms with Gasteiger partial charge in [0.15, 0.2) is 0 Å². The molecule has 0 spiro atoms. The number of rotatable bonds is 25. The number of nitrogens with one attached hydrogen (secondary N) is 2. The van der Waals surface area contributed by atoms with Crippen molar-refractivity contribution in [2.75, 3.05) is 10.6 Å². The number of ether oxygens (including phenoxy) is 4. The van der Waals surface area contributed by atoms with Gasteiger partial charge in [0.2, 0.25) is 11.8 Å². The monoisotopic (exact) mass is 1190 g/mol. The number of hydrogen-bond acceptors (Lipinski definition) is 8. The van der Waals surface area contributed by atoms with Gasteiger partial charge in [-0.2, -0.15) is 0 Å². The molecule has 10 rings (SSSR count). The lowest BCUT2D eigenvalue weighted by Gasteiger charge is -2.28. The molecule has 10 nitrogen and oxygen atoms in total. The van der Waals surface area contributed by atoms with Crippen molar-refractivity contribution in [1.29, 1.82) is 0 Å². The number of para-hydroxylation sites is 4. The summed E-state index contributed by atoms with van der Waals surface area (Å²) in [6.45, 7) is 13.0. The van der Waals surface area contributed by atoms with Crippen LogP contribution in [0, 0.1) is 11.8 Å². The van der Waals surface area contributed by atoms with Gasteiger partial charge in [0.25, 0.3) is 0 Å². The van der Waals surface area contributed by atoms with Crippen molar-refractivity contribution in [3.8, 4) is 23.0 Å². The standard InChI is InChI=1S/C78H96N2O8/c1-77(2,3)65-45-41-55(49-67(65)79-73(81)51-63-59-31-13-17-35-69(59)87-70-36-18-14-32-60(63)70)39-43-57(29-21-27-53-23-9-7-10-24-53)85-75(83)47-48-76(84)86-58(30-22-28-54-25-11-8-12-26-54)44-40-56-42-46-66(78(4,5)6)68(50-56)80-74(82)52-64-61-33-15-19-37-71(61)88-72-38-20-16-34-62(64)72/h13-20,31-38,41-42,45-46,49-50,53-54,57-58,63-64H,7-12,21-30,39-40,43-44,47-48,51-52H2,1-6H3,(H,79,81)(H,80,82). The van der Waals surface area contributed by atoms with Crippen molar-refractivity contribution in [1.82, 2.24) is 0 Å². The maximum atomic E-state index is 14.2. The molecular weight excluding hydrogens is 1090 g/mol. The summed E-state index contributed by atoms with van der Waals surface area (Å²) in [6, 6.07) is 44.7. The molecule has 0 aromatic heterocycles. The number of aryl methyl sites for hydroxylation is 2. The zero-order valence-corrected chi connectivity index (χ0v) is 53.4. The second-order valence-corrected chi connectivity index (χ2v) is 27.9. The number of esters is 2. The number of amides is 2. The molecule has 0 bridgehead atoms. The number of carbonyl (C=O) groups is 4. The van der Waals surface area contributed by atoms with Crippen molar-refractivity contribution in [2.45, 2.75) is 231 Å².